The topological polar surface area (TPSA) is 52.6 Å². The van der Waals surface area contributed by atoms with Gasteiger partial charge >= 0.3 is 11.9 Å². The normalized spacial score (nSPS) is 19.5. The van der Waals surface area contributed by atoms with Crippen LogP contribution in [0.2, 0.25) is 0 Å². The van der Waals surface area contributed by atoms with Crippen molar-refractivity contribution in [1.29, 1.82) is 0 Å². The third-order valence-corrected chi connectivity index (χ3v) is 3.54. The van der Waals surface area contributed by atoms with Crippen molar-refractivity contribution in [2.24, 2.45) is 0 Å². The highest BCUT2D eigenvalue weighted by Gasteiger charge is 2.35. The summed E-state index contributed by atoms with van der Waals surface area (Å²) in [5, 5.41) is 0. The molecular weight excluding hydrogens is 403 g/mol. The Morgan fingerprint density at radius 2 is 2.29 bits per heavy atom. The van der Waals surface area contributed by atoms with E-state index < -0.39 is 18.0 Å². The Bertz CT molecular complexity index is 400. The van der Waals surface area contributed by atoms with Gasteiger partial charge in [0.2, 0.25) is 0 Å². The second-order valence-electron chi connectivity index (χ2n) is 3.48. The molecule has 0 bridgehead atoms. The van der Waals surface area contributed by atoms with E-state index in [1.54, 1.807) is 4.08 Å². The molecule has 17 heavy (non-hydrogen) atoms. The van der Waals surface area contributed by atoms with Gasteiger partial charge in [-0.1, -0.05) is 13.3 Å². The number of hydrogen-bond acceptors (Lipinski definition) is 4. The maximum Gasteiger partial charge on any atom is 0.344 e. The van der Waals surface area contributed by atoms with Gasteiger partial charge in [0.15, 0.2) is 5.76 Å². The summed E-state index contributed by atoms with van der Waals surface area (Å²) in [5.41, 5.74) is 0.380. The van der Waals surface area contributed by atoms with Crippen molar-refractivity contribution >= 4 is 50.5 Å². The molecule has 4 nitrogen and oxygen atoms in total. The Morgan fingerprint density at radius 3 is 2.71 bits per heavy atom. The van der Waals surface area contributed by atoms with Crippen LogP contribution < -0.4 is 0 Å². The molecule has 0 amide bonds. The fraction of sp³-hybridized carbons (Fsp3) is 0.455. The maximum atomic E-state index is 11.7. The number of cyclic esters (lactones) is 1. The minimum absolute atomic E-state index is 0.380. The van der Waals surface area contributed by atoms with Gasteiger partial charge in [-0.3, -0.25) is 4.79 Å². The molecule has 0 saturated heterocycles. The predicted molar refractivity (Wildman–Crippen MR) is 74.6 cm³/mol. The highest BCUT2D eigenvalue weighted by molar-refractivity contribution is 14.1. The standard InChI is InChI=1S/C11H12BrIO4/c1-3-4-7(16-6(2)14)9-10(12)8(5-13)17-11(9)15/h5,7H,3-4H2,1-2H3/b8-5+. The van der Waals surface area contributed by atoms with Crippen LogP contribution in [0.4, 0.5) is 0 Å². The van der Waals surface area contributed by atoms with Crippen LogP contribution in [0.15, 0.2) is 19.9 Å². The number of rotatable bonds is 4. The first kappa shape index (κ1) is 14.7. The average molecular weight is 415 g/mol. The first-order chi connectivity index (χ1) is 8.01. The number of ether oxygens (including phenoxy) is 2. The lowest BCUT2D eigenvalue weighted by molar-refractivity contribution is -0.146. The van der Waals surface area contributed by atoms with Gasteiger partial charge in [0, 0.05) is 11.0 Å². The molecule has 1 heterocycles. The lowest BCUT2D eigenvalue weighted by atomic mass is 10.1. The van der Waals surface area contributed by atoms with E-state index in [0.717, 1.165) is 6.42 Å². The van der Waals surface area contributed by atoms with Gasteiger partial charge in [-0.05, 0) is 44.9 Å². The number of hydrogen-bond donors (Lipinski definition) is 0. The van der Waals surface area contributed by atoms with Crippen LogP contribution in [0.1, 0.15) is 26.7 Å². The lowest BCUT2D eigenvalue weighted by Gasteiger charge is -2.15. The van der Waals surface area contributed by atoms with E-state index >= 15 is 0 Å². The molecule has 1 aliphatic rings. The van der Waals surface area contributed by atoms with E-state index in [0.29, 0.717) is 22.2 Å². The lowest BCUT2D eigenvalue weighted by Crippen LogP contribution is -2.22. The molecule has 1 rings (SSSR count). The molecule has 0 aromatic heterocycles. The number of halogens is 2. The van der Waals surface area contributed by atoms with Crippen molar-refractivity contribution < 1.29 is 19.1 Å². The Hall–Kier alpha value is -0.370. The van der Waals surface area contributed by atoms with Crippen LogP contribution >= 0.6 is 38.5 Å². The molecule has 0 aromatic carbocycles. The Balaban J connectivity index is 3.04. The predicted octanol–water partition coefficient (Wildman–Crippen LogP) is 3.20. The van der Waals surface area contributed by atoms with Crippen LogP contribution in [-0.4, -0.2) is 18.0 Å². The Morgan fingerprint density at radius 1 is 1.65 bits per heavy atom. The van der Waals surface area contributed by atoms with E-state index in [9.17, 15) is 9.59 Å². The summed E-state index contributed by atoms with van der Waals surface area (Å²) in [5.74, 6) is -0.408. The van der Waals surface area contributed by atoms with E-state index in [2.05, 4.69) is 15.9 Å². The van der Waals surface area contributed by atoms with E-state index in [1.807, 2.05) is 29.5 Å². The molecule has 0 aromatic rings. The summed E-state index contributed by atoms with van der Waals surface area (Å²) in [6, 6.07) is 0. The van der Waals surface area contributed by atoms with Gasteiger partial charge in [-0.15, -0.1) is 0 Å². The van der Waals surface area contributed by atoms with Crippen molar-refractivity contribution in [3.8, 4) is 0 Å². The maximum absolute atomic E-state index is 11.7. The molecule has 0 spiro atoms. The minimum atomic E-state index is -0.548. The van der Waals surface area contributed by atoms with E-state index in [1.165, 1.54) is 6.92 Å². The van der Waals surface area contributed by atoms with Crippen LogP contribution in [0.5, 0.6) is 0 Å². The first-order valence-corrected chi connectivity index (χ1v) is 7.14. The first-order valence-electron chi connectivity index (χ1n) is 5.11. The third kappa shape index (κ3) is 3.54. The Labute approximate surface area is 122 Å². The van der Waals surface area contributed by atoms with Gasteiger partial charge in [-0.2, -0.15) is 0 Å². The molecule has 0 radical (unpaired) electrons. The third-order valence-electron chi connectivity index (χ3n) is 2.16. The zero-order chi connectivity index (χ0) is 13.0. The summed E-state index contributed by atoms with van der Waals surface area (Å²) in [7, 11) is 0. The summed E-state index contributed by atoms with van der Waals surface area (Å²) >= 11 is 5.29. The molecule has 1 atom stereocenters. The number of allylic oxidation sites excluding steroid dienone is 1. The van der Waals surface area contributed by atoms with Crippen LogP contribution in [0.3, 0.4) is 0 Å². The molecule has 94 valence electrons. The van der Waals surface area contributed by atoms with Crippen molar-refractivity contribution in [3.63, 3.8) is 0 Å². The fourth-order valence-corrected chi connectivity index (χ4v) is 2.97. The van der Waals surface area contributed by atoms with Gasteiger partial charge in [0.05, 0.1) is 10.1 Å². The largest absolute Gasteiger partial charge is 0.457 e. The minimum Gasteiger partial charge on any atom is -0.457 e. The van der Waals surface area contributed by atoms with Crippen LogP contribution in [0.25, 0.3) is 0 Å². The van der Waals surface area contributed by atoms with Crippen molar-refractivity contribution in [2.45, 2.75) is 32.8 Å². The Kier molecular flexibility index (Phi) is 5.64. The molecule has 1 aliphatic heterocycles. The molecule has 0 N–H and O–H groups in total. The van der Waals surface area contributed by atoms with Gasteiger partial charge in [0.1, 0.15) is 6.10 Å². The number of carbonyl (C=O) groups excluding carboxylic acids is 2. The highest BCUT2D eigenvalue weighted by atomic mass is 127. The quantitative estimate of drug-likeness (QED) is 0.523. The summed E-state index contributed by atoms with van der Waals surface area (Å²) < 4.78 is 12.4. The molecule has 0 aliphatic carbocycles. The fourth-order valence-electron chi connectivity index (χ4n) is 1.49. The van der Waals surface area contributed by atoms with E-state index in [4.69, 9.17) is 9.47 Å². The summed E-state index contributed by atoms with van der Waals surface area (Å²) in [6.45, 7) is 3.28. The monoisotopic (exact) mass is 414 g/mol. The van der Waals surface area contributed by atoms with Crippen LogP contribution in [0, 0.1) is 0 Å². The molecule has 1 unspecified atom stereocenters. The molecular formula is C11H12BrIO4. The molecule has 0 saturated carbocycles. The smallest absolute Gasteiger partial charge is 0.344 e. The number of esters is 2. The SMILES string of the molecule is CCCC(OC(C)=O)C1=C(Br)/C(=C\I)OC1=O. The van der Waals surface area contributed by atoms with Crippen molar-refractivity contribution in [2.75, 3.05) is 0 Å². The van der Waals surface area contributed by atoms with Crippen molar-refractivity contribution in [1.82, 2.24) is 0 Å². The highest BCUT2D eigenvalue weighted by Crippen LogP contribution is 2.35. The van der Waals surface area contributed by atoms with Gasteiger partial charge in [-0.25, -0.2) is 4.79 Å². The van der Waals surface area contributed by atoms with E-state index in [-0.39, 0.29) is 0 Å². The molecule has 0 fully saturated rings. The van der Waals surface area contributed by atoms with Crippen LogP contribution in [-0.2, 0) is 19.1 Å². The number of carbonyl (C=O) groups is 2. The zero-order valence-electron chi connectivity index (χ0n) is 9.46. The van der Waals surface area contributed by atoms with Crippen molar-refractivity contribution in [3.05, 3.63) is 19.9 Å². The van der Waals surface area contributed by atoms with Gasteiger partial charge in [0.25, 0.3) is 0 Å². The molecule has 6 heteroatoms. The summed E-state index contributed by atoms with van der Waals surface area (Å²) in [4.78, 5) is 22.7. The second kappa shape index (κ2) is 6.53. The van der Waals surface area contributed by atoms with Gasteiger partial charge < -0.3 is 9.47 Å². The summed E-state index contributed by atoms with van der Waals surface area (Å²) in [6.07, 6.45) is 0.847. The zero-order valence-corrected chi connectivity index (χ0v) is 13.2. The average Bonchev–Trinajstić information content (AvgIpc) is 2.52. The second-order valence-corrected chi connectivity index (χ2v) is 4.89.